The van der Waals surface area contributed by atoms with Crippen molar-refractivity contribution in [3.05, 3.63) is 11.7 Å². The fourth-order valence-electron chi connectivity index (χ4n) is 1.05. The maximum atomic E-state index is 11.4. The topological polar surface area (TPSA) is 142 Å². The molecule has 0 radical (unpaired) electrons. The van der Waals surface area contributed by atoms with E-state index in [1.54, 1.807) is 20.8 Å². The maximum Gasteiger partial charge on any atom is 0.408 e. The largest absolute Gasteiger partial charge is 0.444 e. The lowest BCUT2D eigenvalue weighted by Gasteiger charge is -2.19. The van der Waals surface area contributed by atoms with Crippen LogP contribution in [0.15, 0.2) is 9.68 Å². The monoisotopic (exact) mass is 299 g/mol. The third-order valence-electron chi connectivity index (χ3n) is 1.75. The number of aromatic nitrogens is 2. The zero-order valence-corrected chi connectivity index (χ0v) is 12.2. The van der Waals surface area contributed by atoms with Gasteiger partial charge in [-0.05, 0) is 20.8 Å². The van der Waals surface area contributed by atoms with Crippen molar-refractivity contribution in [1.82, 2.24) is 15.5 Å². The average molecular weight is 299 g/mol. The van der Waals surface area contributed by atoms with Gasteiger partial charge in [-0.15, -0.1) is 0 Å². The summed E-state index contributed by atoms with van der Waals surface area (Å²) in [4.78, 5) is 30.2. The number of hydrogen-bond donors (Lipinski definition) is 2. The number of oxime groups is 1. The predicted molar refractivity (Wildman–Crippen MR) is 69.9 cm³/mol. The van der Waals surface area contributed by atoms with Crippen LogP contribution in [0.1, 0.15) is 39.4 Å². The second kappa shape index (κ2) is 6.68. The second-order valence-electron chi connectivity index (χ2n) is 4.93. The zero-order chi connectivity index (χ0) is 16.0. The molecule has 0 aliphatic rings. The molecule has 1 rings (SSSR count). The van der Waals surface area contributed by atoms with Crippen LogP contribution in [0.5, 0.6) is 0 Å². The van der Waals surface area contributed by atoms with E-state index in [1.807, 2.05) is 0 Å². The van der Waals surface area contributed by atoms with Crippen LogP contribution in [0, 0.1) is 0 Å². The molecule has 0 atom stereocenters. The number of carbonyl (C=O) groups is 2. The average Bonchev–Trinajstić information content (AvgIpc) is 2.80. The molecule has 0 aliphatic heterocycles. The molecule has 0 spiro atoms. The lowest BCUT2D eigenvalue weighted by molar-refractivity contribution is -0.140. The molecule has 10 nitrogen and oxygen atoms in total. The van der Waals surface area contributed by atoms with E-state index in [0.717, 1.165) is 0 Å². The van der Waals surface area contributed by atoms with Crippen molar-refractivity contribution in [2.45, 2.75) is 39.8 Å². The predicted octanol–water partition coefficient (Wildman–Crippen LogP) is 0.278. The van der Waals surface area contributed by atoms with Gasteiger partial charge in [0.2, 0.25) is 5.84 Å². The van der Waals surface area contributed by atoms with E-state index in [0.29, 0.717) is 0 Å². The molecule has 116 valence electrons. The molecular formula is C11H17N5O5. The highest BCUT2D eigenvalue weighted by Gasteiger charge is 2.17. The number of nitrogens with zero attached hydrogens (tertiary/aromatic N) is 3. The Labute approximate surface area is 120 Å². The molecule has 1 aromatic rings. The number of rotatable bonds is 4. The smallest absolute Gasteiger partial charge is 0.408 e. The quantitative estimate of drug-likeness (QED) is 0.349. The first-order valence-corrected chi connectivity index (χ1v) is 5.98. The van der Waals surface area contributed by atoms with E-state index in [1.165, 1.54) is 6.92 Å². The van der Waals surface area contributed by atoms with Gasteiger partial charge < -0.3 is 25.1 Å². The van der Waals surface area contributed by atoms with Crippen molar-refractivity contribution in [3.8, 4) is 0 Å². The summed E-state index contributed by atoms with van der Waals surface area (Å²) in [7, 11) is 0. The van der Waals surface area contributed by atoms with Gasteiger partial charge in [0.25, 0.3) is 5.89 Å². The molecule has 21 heavy (non-hydrogen) atoms. The highest BCUT2D eigenvalue weighted by molar-refractivity contribution is 5.92. The molecule has 0 saturated heterocycles. The number of alkyl carbamates (subject to hydrolysis) is 1. The lowest BCUT2D eigenvalue weighted by atomic mass is 10.2. The van der Waals surface area contributed by atoms with E-state index in [2.05, 4.69) is 25.5 Å². The van der Waals surface area contributed by atoms with Crippen molar-refractivity contribution >= 4 is 17.9 Å². The van der Waals surface area contributed by atoms with Gasteiger partial charge in [0, 0.05) is 6.92 Å². The fourth-order valence-corrected chi connectivity index (χ4v) is 1.05. The first-order valence-electron chi connectivity index (χ1n) is 5.98. The molecule has 0 unspecified atom stereocenters. The molecule has 0 saturated carbocycles. The van der Waals surface area contributed by atoms with Crippen molar-refractivity contribution in [3.63, 3.8) is 0 Å². The Hall–Kier alpha value is -2.65. The van der Waals surface area contributed by atoms with E-state index < -0.39 is 17.7 Å². The molecule has 0 bridgehead atoms. The first kappa shape index (κ1) is 16.4. The second-order valence-corrected chi connectivity index (χ2v) is 4.93. The standard InChI is InChI=1S/C11H17N5O5/c1-6(17)20-16-8(12)9-14-7(15-21-9)5-13-10(18)19-11(2,3)4/h5H2,1-4H3,(H2,12,16)(H,13,18). The number of nitrogens with two attached hydrogens (primary N) is 1. The van der Waals surface area contributed by atoms with Gasteiger partial charge in [-0.2, -0.15) is 4.98 Å². The first-order chi connectivity index (χ1) is 9.67. The van der Waals surface area contributed by atoms with Gasteiger partial charge in [-0.1, -0.05) is 10.3 Å². The summed E-state index contributed by atoms with van der Waals surface area (Å²) in [6.45, 7) is 6.38. The van der Waals surface area contributed by atoms with E-state index in [-0.39, 0.29) is 24.1 Å². The minimum atomic E-state index is -0.635. The highest BCUT2D eigenvalue weighted by atomic mass is 16.7. The van der Waals surface area contributed by atoms with Crippen LogP contribution in [0.3, 0.4) is 0 Å². The highest BCUT2D eigenvalue weighted by Crippen LogP contribution is 2.06. The molecule has 1 aromatic heterocycles. The van der Waals surface area contributed by atoms with Crippen molar-refractivity contribution in [2.75, 3.05) is 0 Å². The Morgan fingerprint density at radius 1 is 1.43 bits per heavy atom. The number of amidine groups is 1. The Bertz CT molecular complexity index is 545. The van der Waals surface area contributed by atoms with Crippen LogP contribution in [0.25, 0.3) is 0 Å². The molecule has 10 heteroatoms. The molecule has 3 N–H and O–H groups in total. The van der Waals surface area contributed by atoms with Gasteiger partial charge in [-0.25, -0.2) is 9.59 Å². The number of carbonyl (C=O) groups excluding carboxylic acids is 2. The normalized spacial score (nSPS) is 11.9. The molecule has 1 heterocycles. The fraction of sp³-hybridized carbons (Fsp3) is 0.545. The molecule has 0 aromatic carbocycles. The zero-order valence-electron chi connectivity index (χ0n) is 12.2. The summed E-state index contributed by atoms with van der Waals surface area (Å²) in [5, 5.41) is 9.31. The van der Waals surface area contributed by atoms with Crippen molar-refractivity contribution < 1.29 is 23.7 Å². The minimum absolute atomic E-state index is 0.0146. The van der Waals surface area contributed by atoms with Crippen LogP contribution in [-0.2, 0) is 20.9 Å². The SMILES string of the molecule is CC(=O)O/N=C(\N)c1nc(CNC(=O)OC(C)(C)C)no1. The molecule has 1 amide bonds. The number of ether oxygens (including phenoxy) is 1. The van der Waals surface area contributed by atoms with Crippen LogP contribution in [-0.4, -0.2) is 33.6 Å². The Morgan fingerprint density at radius 2 is 2.10 bits per heavy atom. The third-order valence-corrected chi connectivity index (χ3v) is 1.75. The lowest BCUT2D eigenvalue weighted by Crippen LogP contribution is -2.32. The third kappa shape index (κ3) is 6.36. The summed E-state index contributed by atoms with van der Waals surface area (Å²) < 4.78 is 9.83. The van der Waals surface area contributed by atoms with E-state index >= 15 is 0 Å². The number of nitrogens with one attached hydrogen (secondary N) is 1. The summed E-state index contributed by atoms with van der Waals surface area (Å²) in [6.07, 6.45) is -0.615. The van der Waals surface area contributed by atoms with E-state index in [4.69, 9.17) is 15.0 Å². The minimum Gasteiger partial charge on any atom is -0.444 e. The van der Waals surface area contributed by atoms with Gasteiger partial charge in [-0.3, -0.25) is 0 Å². The van der Waals surface area contributed by atoms with Crippen LogP contribution < -0.4 is 11.1 Å². The maximum absolute atomic E-state index is 11.4. The van der Waals surface area contributed by atoms with Crippen LogP contribution in [0.4, 0.5) is 4.79 Å². The Balaban J connectivity index is 2.54. The van der Waals surface area contributed by atoms with E-state index in [9.17, 15) is 9.59 Å². The van der Waals surface area contributed by atoms with Crippen LogP contribution >= 0.6 is 0 Å². The van der Waals surface area contributed by atoms with Gasteiger partial charge in [0.05, 0.1) is 6.54 Å². The summed E-state index contributed by atoms with van der Waals surface area (Å²) in [6, 6.07) is 0. The Kier molecular flexibility index (Phi) is 5.22. The van der Waals surface area contributed by atoms with Crippen LogP contribution in [0.2, 0.25) is 0 Å². The molecule has 0 fully saturated rings. The van der Waals surface area contributed by atoms with Gasteiger partial charge in [0.1, 0.15) is 5.60 Å². The van der Waals surface area contributed by atoms with Gasteiger partial charge in [0.15, 0.2) is 5.82 Å². The Morgan fingerprint density at radius 3 is 2.67 bits per heavy atom. The number of amides is 1. The van der Waals surface area contributed by atoms with Gasteiger partial charge >= 0.3 is 12.1 Å². The molecule has 0 aliphatic carbocycles. The summed E-state index contributed by atoms with van der Waals surface area (Å²) in [5.41, 5.74) is 4.86. The molecular weight excluding hydrogens is 282 g/mol. The summed E-state index contributed by atoms with van der Waals surface area (Å²) in [5.74, 6) is -0.848. The van der Waals surface area contributed by atoms with Crippen molar-refractivity contribution in [1.29, 1.82) is 0 Å². The van der Waals surface area contributed by atoms with Crippen molar-refractivity contribution in [2.24, 2.45) is 10.9 Å². The number of hydrogen-bond acceptors (Lipinski definition) is 8. The summed E-state index contributed by atoms with van der Waals surface area (Å²) >= 11 is 0.